The molecule has 2 heterocycles. The minimum Gasteiger partial charge on any atom is -0.318 e. The number of nitriles is 1. The highest BCUT2D eigenvalue weighted by atomic mass is 16.2. The van der Waals surface area contributed by atoms with Crippen molar-refractivity contribution >= 4 is 22.5 Å². The van der Waals surface area contributed by atoms with Gasteiger partial charge in [0.1, 0.15) is 6.04 Å². The van der Waals surface area contributed by atoms with Gasteiger partial charge in [0.25, 0.3) is 0 Å². The first-order valence-electron chi connectivity index (χ1n) is 8.92. The van der Waals surface area contributed by atoms with Gasteiger partial charge >= 0.3 is 6.03 Å². The van der Waals surface area contributed by atoms with Gasteiger partial charge in [-0.05, 0) is 24.7 Å². The van der Waals surface area contributed by atoms with Gasteiger partial charge in [0.2, 0.25) is 0 Å². The number of nitrogens with zero attached hydrogens (tertiary/aromatic N) is 4. The van der Waals surface area contributed by atoms with Crippen molar-refractivity contribution < 1.29 is 4.79 Å². The molecule has 2 aromatic rings. The summed E-state index contributed by atoms with van der Waals surface area (Å²) in [5, 5.41) is 11.6. The normalized spacial score (nSPS) is 26.2. The molecule has 5 heteroatoms. The average molecular weight is 334 g/mol. The molecule has 2 fully saturated rings. The van der Waals surface area contributed by atoms with Crippen LogP contribution in [0.25, 0.3) is 10.8 Å². The number of hydrogen-bond donors (Lipinski definition) is 0. The number of hydrogen-bond acceptors (Lipinski definition) is 3. The maximum absolute atomic E-state index is 13.1. The number of pyridine rings is 1. The lowest BCUT2D eigenvalue weighted by Gasteiger charge is -2.42. The van der Waals surface area contributed by atoms with E-state index in [9.17, 15) is 10.1 Å². The number of amides is 2. The Balaban J connectivity index is 1.65. The Kier molecular flexibility index (Phi) is 3.84. The Bertz CT molecular complexity index is 845. The molecule has 1 aromatic heterocycles. The van der Waals surface area contributed by atoms with Gasteiger partial charge in [0.15, 0.2) is 0 Å². The summed E-state index contributed by atoms with van der Waals surface area (Å²) in [5.41, 5.74) is 0.733. The average Bonchev–Trinajstić information content (AvgIpc) is 2.89. The van der Waals surface area contributed by atoms with E-state index in [1.165, 1.54) is 0 Å². The number of rotatable bonds is 3. The lowest BCUT2D eigenvalue weighted by molar-refractivity contribution is 0.0901. The van der Waals surface area contributed by atoms with Crippen molar-refractivity contribution in [3.63, 3.8) is 0 Å². The quantitative estimate of drug-likeness (QED) is 0.857. The molecule has 1 saturated carbocycles. The van der Waals surface area contributed by atoms with Crippen LogP contribution < -0.4 is 4.90 Å². The van der Waals surface area contributed by atoms with E-state index in [1.54, 1.807) is 17.3 Å². The van der Waals surface area contributed by atoms with Crippen LogP contribution in [0.2, 0.25) is 0 Å². The molecule has 1 unspecified atom stereocenters. The molecule has 25 heavy (non-hydrogen) atoms. The van der Waals surface area contributed by atoms with Crippen LogP contribution in [0.1, 0.15) is 26.7 Å². The summed E-state index contributed by atoms with van der Waals surface area (Å²) in [6.07, 6.45) is 5.58. The van der Waals surface area contributed by atoms with E-state index in [1.807, 2.05) is 29.2 Å². The van der Waals surface area contributed by atoms with E-state index < -0.39 is 6.04 Å². The first-order chi connectivity index (χ1) is 12.1. The molecular formula is C20H22N4O. The molecule has 0 radical (unpaired) electrons. The lowest BCUT2D eigenvalue weighted by atomic mass is 9.73. The second-order valence-corrected chi connectivity index (χ2v) is 7.46. The summed E-state index contributed by atoms with van der Waals surface area (Å²) >= 11 is 0. The number of urea groups is 1. The highest BCUT2D eigenvalue weighted by Gasteiger charge is 2.46. The molecule has 0 bridgehead atoms. The van der Waals surface area contributed by atoms with Crippen molar-refractivity contribution in [2.45, 2.75) is 38.8 Å². The smallest absolute Gasteiger partial charge is 0.318 e. The number of carbonyl (C=O) groups excluding carboxylic acids is 1. The topological polar surface area (TPSA) is 60.2 Å². The SMILES string of the molecule is CC(C)C1CC(N2CC(C#N)N(c3cncc4ccccc34)C2=O)C1. The Morgan fingerprint density at radius 2 is 2.00 bits per heavy atom. The van der Waals surface area contributed by atoms with Gasteiger partial charge in [-0.3, -0.25) is 9.88 Å². The first kappa shape index (κ1) is 15.9. The van der Waals surface area contributed by atoms with Gasteiger partial charge in [-0.1, -0.05) is 38.1 Å². The van der Waals surface area contributed by atoms with Crippen LogP contribution in [-0.2, 0) is 0 Å². The Morgan fingerprint density at radius 3 is 2.72 bits per heavy atom. The predicted molar refractivity (Wildman–Crippen MR) is 97.1 cm³/mol. The zero-order valence-electron chi connectivity index (χ0n) is 14.6. The van der Waals surface area contributed by atoms with E-state index in [-0.39, 0.29) is 12.1 Å². The fraction of sp³-hybridized carbons (Fsp3) is 0.450. The zero-order chi connectivity index (χ0) is 17.6. The number of aromatic nitrogens is 1. The molecule has 0 spiro atoms. The molecular weight excluding hydrogens is 312 g/mol. The Hall–Kier alpha value is -2.61. The number of anilines is 1. The van der Waals surface area contributed by atoms with E-state index >= 15 is 0 Å². The van der Waals surface area contributed by atoms with Gasteiger partial charge in [0, 0.05) is 23.0 Å². The second kappa shape index (κ2) is 6.03. The molecule has 0 N–H and O–H groups in total. The molecule has 2 aliphatic rings. The zero-order valence-corrected chi connectivity index (χ0v) is 14.6. The largest absolute Gasteiger partial charge is 0.326 e. The highest BCUT2D eigenvalue weighted by Crippen LogP contribution is 2.40. The molecule has 128 valence electrons. The van der Waals surface area contributed by atoms with Crippen LogP contribution in [-0.4, -0.2) is 34.5 Å². The van der Waals surface area contributed by atoms with Crippen molar-refractivity contribution in [3.8, 4) is 6.07 Å². The van der Waals surface area contributed by atoms with Gasteiger partial charge in [-0.2, -0.15) is 5.26 Å². The van der Waals surface area contributed by atoms with Crippen LogP contribution >= 0.6 is 0 Å². The molecule has 1 aromatic carbocycles. The van der Waals surface area contributed by atoms with Crippen molar-refractivity contribution in [1.29, 1.82) is 5.26 Å². The molecule has 1 aliphatic carbocycles. The van der Waals surface area contributed by atoms with Crippen LogP contribution in [0.5, 0.6) is 0 Å². The monoisotopic (exact) mass is 334 g/mol. The van der Waals surface area contributed by atoms with Gasteiger partial charge in [-0.25, -0.2) is 4.79 Å². The van der Waals surface area contributed by atoms with Crippen LogP contribution in [0, 0.1) is 23.2 Å². The minimum atomic E-state index is -0.460. The van der Waals surface area contributed by atoms with E-state index in [4.69, 9.17) is 0 Å². The number of benzene rings is 1. The maximum atomic E-state index is 13.1. The Labute approximate surface area is 147 Å². The van der Waals surface area contributed by atoms with E-state index in [0.29, 0.717) is 18.4 Å². The first-order valence-corrected chi connectivity index (χ1v) is 8.92. The number of carbonyl (C=O) groups is 1. The number of fused-ring (bicyclic) bond motifs is 1. The maximum Gasteiger partial charge on any atom is 0.326 e. The standard InChI is InChI=1S/C20H22N4O/c1-13(2)15-7-16(8-15)23-12-17(9-21)24(20(23)25)19-11-22-10-14-5-3-4-6-18(14)19/h3-6,10-11,13,15-17H,7-8,12H2,1-2H3. The lowest BCUT2D eigenvalue weighted by Crippen LogP contribution is -2.48. The van der Waals surface area contributed by atoms with Crippen molar-refractivity contribution in [2.24, 2.45) is 11.8 Å². The van der Waals surface area contributed by atoms with Crippen LogP contribution in [0.15, 0.2) is 36.7 Å². The third-order valence-corrected chi connectivity index (χ3v) is 5.72. The third kappa shape index (κ3) is 2.53. The van der Waals surface area contributed by atoms with Crippen LogP contribution in [0.4, 0.5) is 10.5 Å². The van der Waals surface area contributed by atoms with Gasteiger partial charge < -0.3 is 4.90 Å². The summed E-state index contributed by atoms with van der Waals surface area (Å²) in [6.45, 7) is 4.95. The minimum absolute atomic E-state index is 0.0584. The third-order valence-electron chi connectivity index (χ3n) is 5.72. The summed E-state index contributed by atoms with van der Waals surface area (Å²) in [5.74, 6) is 1.34. The van der Waals surface area contributed by atoms with Crippen LogP contribution in [0.3, 0.4) is 0 Å². The van der Waals surface area contributed by atoms with Crippen molar-refractivity contribution in [2.75, 3.05) is 11.4 Å². The van der Waals surface area contributed by atoms with Gasteiger partial charge in [-0.15, -0.1) is 0 Å². The van der Waals surface area contributed by atoms with Crippen molar-refractivity contribution in [3.05, 3.63) is 36.7 Å². The summed E-state index contributed by atoms with van der Waals surface area (Å²) in [7, 11) is 0. The predicted octanol–water partition coefficient (Wildman–Crippen LogP) is 3.80. The summed E-state index contributed by atoms with van der Waals surface area (Å²) in [6, 6.07) is 9.92. The van der Waals surface area contributed by atoms with E-state index in [0.717, 1.165) is 29.3 Å². The van der Waals surface area contributed by atoms with Crippen molar-refractivity contribution in [1.82, 2.24) is 9.88 Å². The molecule has 1 atom stereocenters. The summed E-state index contributed by atoms with van der Waals surface area (Å²) in [4.78, 5) is 20.9. The molecule has 1 aliphatic heterocycles. The van der Waals surface area contributed by atoms with Gasteiger partial charge in [0.05, 0.1) is 24.5 Å². The second-order valence-electron chi connectivity index (χ2n) is 7.46. The fourth-order valence-electron chi connectivity index (χ4n) is 4.01. The Morgan fingerprint density at radius 1 is 1.24 bits per heavy atom. The molecule has 2 amide bonds. The molecule has 5 nitrogen and oxygen atoms in total. The highest BCUT2D eigenvalue weighted by molar-refractivity contribution is 6.04. The molecule has 4 rings (SSSR count). The molecule has 1 saturated heterocycles. The summed E-state index contributed by atoms with van der Waals surface area (Å²) < 4.78 is 0. The van der Waals surface area contributed by atoms with E-state index in [2.05, 4.69) is 24.9 Å². The fourth-order valence-corrected chi connectivity index (χ4v) is 4.01.